The molecule has 0 spiro atoms. The van der Waals surface area contributed by atoms with Gasteiger partial charge in [0.05, 0.1) is 5.69 Å². The Balaban J connectivity index is 2.03. The van der Waals surface area contributed by atoms with Gasteiger partial charge in [0, 0.05) is 17.8 Å². The van der Waals surface area contributed by atoms with Crippen molar-refractivity contribution in [3.63, 3.8) is 0 Å². The van der Waals surface area contributed by atoms with Crippen molar-refractivity contribution in [1.29, 1.82) is 0 Å². The monoisotopic (exact) mass is 287 g/mol. The van der Waals surface area contributed by atoms with Gasteiger partial charge < -0.3 is 9.51 Å². The van der Waals surface area contributed by atoms with Crippen molar-refractivity contribution in [2.45, 2.75) is 19.3 Å². The molecule has 0 radical (unpaired) electrons. The fourth-order valence-corrected chi connectivity index (χ4v) is 2.77. The van der Waals surface area contributed by atoms with Crippen molar-refractivity contribution in [3.8, 4) is 10.7 Å². The molecular weight excluding hydrogens is 274 g/mol. The van der Waals surface area contributed by atoms with E-state index in [0.717, 1.165) is 16.3 Å². The van der Waals surface area contributed by atoms with Crippen molar-refractivity contribution < 1.29 is 9.90 Å². The predicted octanol–water partition coefficient (Wildman–Crippen LogP) is 2.82. The van der Waals surface area contributed by atoms with Gasteiger partial charge in [0.15, 0.2) is 0 Å². The van der Waals surface area contributed by atoms with Crippen molar-refractivity contribution in [1.82, 2.24) is 14.4 Å². The summed E-state index contributed by atoms with van der Waals surface area (Å²) < 4.78 is 1.92. The third-order valence-corrected chi connectivity index (χ3v) is 4.13. The highest BCUT2D eigenvalue weighted by Crippen LogP contribution is 2.30. The van der Waals surface area contributed by atoms with E-state index in [-0.39, 0.29) is 0 Å². The number of carboxylic acid groups (broad SMARTS) is 1. The molecule has 3 heterocycles. The third kappa shape index (κ3) is 1.98. The van der Waals surface area contributed by atoms with Crippen LogP contribution >= 0.6 is 11.3 Å². The van der Waals surface area contributed by atoms with Gasteiger partial charge in [-0.2, -0.15) is 0 Å². The number of carbonyl (C=O) groups is 1. The molecule has 0 unspecified atom stereocenters. The van der Waals surface area contributed by atoms with Gasteiger partial charge in [0.1, 0.15) is 21.8 Å². The van der Waals surface area contributed by atoms with Crippen LogP contribution in [-0.2, 0) is 10.2 Å². The minimum Gasteiger partial charge on any atom is -0.481 e. The lowest BCUT2D eigenvalue weighted by molar-refractivity contribution is -0.142. The van der Waals surface area contributed by atoms with Gasteiger partial charge in [-0.05, 0) is 26.0 Å². The maximum atomic E-state index is 11.3. The lowest BCUT2D eigenvalue weighted by Gasteiger charge is -2.15. The molecular formula is C14H13N3O2S. The topological polar surface area (TPSA) is 67.5 Å². The van der Waals surface area contributed by atoms with Crippen molar-refractivity contribution in [2.75, 3.05) is 0 Å². The van der Waals surface area contributed by atoms with E-state index in [2.05, 4.69) is 9.97 Å². The number of thiazole rings is 1. The number of aliphatic carboxylic acids is 1. The Hall–Kier alpha value is -2.21. The summed E-state index contributed by atoms with van der Waals surface area (Å²) in [4.78, 5) is 20.2. The van der Waals surface area contributed by atoms with Crippen molar-refractivity contribution >= 4 is 23.0 Å². The molecule has 0 aromatic carbocycles. The fraction of sp³-hybridized carbons (Fsp3) is 0.214. The van der Waals surface area contributed by atoms with E-state index in [1.165, 1.54) is 11.3 Å². The van der Waals surface area contributed by atoms with Crippen LogP contribution in [0.1, 0.15) is 19.5 Å². The van der Waals surface area contributed by atoms with Crippen LogP contribution in [-0.4, -0.2) is 25.4 Å². The number of aromatic nitrogens is 3. The lowest BCUT2D eigenvalue weighted by Crippen LogP contribution is -2.28. The molecule has 0 saturated carbocycles. The first-order valence-electron chi connectivity index (χ1n) is 6.12. The number of hydrogen-bond acceptors (Lipinski definition) is 4. The standard InChI is InChI=1S/C14H13N3O2S/c1-14(2,13(18)19)10-8-20-12(16-10)9-7-17-6-4-3-5-11(17)15-9/h3-8H,1-2H3,(H,18,19). The molecule has 0 aliphatic carbocycles. The van der Waals surface area contributed by atoms with Gasteiger partial charge in [0.25, 0.3) is 0 Å². The highest BCUT2D eigenvalue weighted by atomic mass is 32.1. The first-order chi connectivity index (χ1) is 9.48. The van der Waals surface area contributed by atoms with Gasteiger partial charge in [0.2, 0.25) is 0 Å². The molecule has 102 valence electrons. The Labute approximate surface area is 119 Å². The molecule has 0 fully saturated rings. The Morgan fingerprint density at radius 3 is 2.85 bits per heavy atom. The van der Waals surface area contributed by atoms with Crippen LogP contribution in [0.25, 0.3) is 16.3 Å². The fourth-order valence-electron chi connectivity index (χ4n) is 1.83. The highest BCUT2D eigenvalue weighted by Gasteiger charge is 2.32. The minimum absolute atomic E-state index is 0.557. The first kappa shape index (κ1) is 12.8. The summed E-state index contributed by atoms with van der Waals surface area (Å²) in [6.07, 6.45) is 3.81. The molecule has 0 aliphatic heterocycles. The van der Waals surface area contributed by atoms with Gasteiger partial charge in [-0.15, -0.1) is 11.3 Å². The highest BCUT2D eigenvalue weighted by molar-refractivity contribution is 7.13. The number of nitrogens with zero attached hydrogens (tertiary/aromatic N) is 3. The summed E-state index contributed by atoms with van der Waals surface area (Å²) in [5.41, 5.74) is 1.17. The zero-order valence-corrected chi connectivity index (χ0v) is 11.9. The van der Waals surface area contributed by atoms with Crippen LogP contribution in [0.3, 0.4) is 0 Å². The van der Waals surface area contributed by atoms with E-state index >= 15 is 0 Å². The molecule has 0 amide bonds. The van der Waals surface area contributed by atoms with Crippen molar-refractivity contribution in [3.05, 3.63) is 41.7 Å². The van der Waals surface area contributed by atoms with Crippen LogP contribution < -0.4 is 0 Å². The van der Waals surface area contributed by atoms with E-state index in [1.54, 1.807) is 19.2 Å². The van der Waals surface area contributed by atoms with Crippen LogP contribution in [0.2, 0.25) is 0 Å². The molecule has 0 atom stereocenters. The number of fused-ring (bicyclic) bond motifs is 1. The molecule has 0 bridgehead atoms. The summed E-state index contributed by atoms with van der Waals surface area (Å²) in [6, 6.07) is 5.77. The molecule has 20 heavy (non-hydrogen) atoms. The SMILES string of the molecule is CC(C)(C(=O)O)c1csc(-c2cn3ccccc3n2)n1. The zero-order valence-electron chi connectivity index (χ0n) is 11.1. The summed E-state index contributed by atoms with van der Waals surface area (Å²) in [5, 5.41) is 11.8. The Kier molecular flexibility index (Phi) is 2.83. The molecule has 0 saturated heterocycles. The van der Waals surface area contributed by atoms with Crippen LogP contribution in [0.5, 0.6) is 0 Å². The smallest absolute Gasteiger partial charge is 0.315 e. The van der Waals surface area contributed by atoms with Gasteiger partial charge in [-0.3, -0.25) is 4.79 Å². The maximum absolute atomic E-state index is 11.3. The number of carboxylic acids is 1. The average molecular weight is 287 g/mol. The first-order valence-corrected chi connectivity index (χ1v) is 7.00. The Morgan fingerprint density at radius 2 is 2.15 bits per heavy atom. The van der Waals surface area contributed by atoms with E-state index < -0.39 is 11.4 Å². The molecule has 3 rings (SSSR count). The minimum atomic E-state index is -0.992. The number of rotatable bonds is 3. The summed E-state index contributed by atoms with van der Waals surface area (Å²) >= 11 is 1.41. The average Bonchev–Trinajstić information content (AvgIpc) is 3.05. The summed E-state index contributed by atoms with van der Waals surface area (Å²) in [6.45, 7) is 3.30. The summed E-state index contributed by atoms with van der Waals surface area (Å²) in [5.74, 6) is -0.885. The molecule has 3 aromatic heterocycles. The second-order valence-electron chi connectivity index (χ2n) is 5.06. The van der Waals surface area contributed by atoms with Crippen LogP contribution in [0.15, 0.2) is 36.0 Å². The molecule has 0 aliphatic rings. The van der Waals surface area contributed by atoms with Crippen LogP contribution in [0.4, 0.5) is 0 Å². The Morgan fingerprint density at radius 1 is 1.35 bits per heavy atom. The number of pyridine rings is 1. The van der Waals surface area contributed by atoms with E-state index in [4.69, 9.17) is 0 Å². The molecule has 1 N–H and O–H groups in total. The van der Waals surface area contributed by atoms with E-state index in [9.17, 15) is 9.90 Å². The second-order valence-corrected chi connectivity index (χ2v) is 5.92. The van der Waals surface area contributed by atoms with E-state index in [1.807, 2.05) is 35.0 Å². The molecule has 5 nitrogen and oxygen atoms in total. The van der Waals surface area contributed by atoms with E-state index in [0.29, 0.717) is 5.69 Å². The number of imidazole rings is 1. The van der Waals surface area contributed by atoms with Crippen LogP contribution in [0, 0.1) is 0 Å². The largest absolute Gasteiger partial charge is 0.481 e. The second kappa shape index (κ2) is 4.42. The third-order valence-electron chi connectivity index (χ3n) is 3.26. The summed E-state index contributed by atoms with van der Waals surface area (Å²) in [7, 11) is 0. The lowest BCUT2D eigenvalue weighted by atomic mass is 9.90. The van der Waals surface area contributed by atoms with Crippen molar-refractivity contribution in [2.24, 2.45) is 0 Å². The molecule has 6 heteroatoms. The number of hydrogen-bond donors (Lipinski definition) is 1. The van der Waals surface area contributed by atoms with Gasteiger partial charge in [-0.25, -0.2) is 9.97 Å². The van der Waals surface area contributed by atoms with Gasteiger partial charge in [-0.1, -0.05) is 6.07 Å². The normalized spacial score (nSPS) is 11.9. The quantitative estimate of drug-likeness (QED) is 0.804. The Bertz CT molecular complexity index is 755. The predicted molar refractivity (Wildman–Crippen MR) is 77.0 cm³/mol. The zero-order chi connectivity index (χ0) is 14.3. The van der Waals surface area contributed by atoms with Gasteiger partial charge >= 0.3 is 5.97 Å². The maximum Gasteiger partial charge on any atom is 0.315 e. The molecule has 3 aromatic rings.